The van der Waals surface area contributed by atoms with Crippen LogP contribution >= 0.6 is 0 Å². The van der Waals surface area contributed by atoms with Crippen LogP contribution in [0.25, 0.3) is 32.9 Å². The van der Waals surface area contributed by atoms with Crippen molar-refractivity contribution in [3.63, 3.8) is 0 Å². The van der Waals surface area contributed by atoms with Crippen LogP contribution in [-0.2, 0) is 4.74 Å². The molecule has 1 saturated carbocycles. The minimum Gasteiger partial charge on any atom is -0.468 e. The van der Waals surface area contributed by atoms with Gasteiger partial charge in [-0.3, -0.25) is 9.88 Å². The fourth-order valence-electron chi connectivity index (χ4n) is 9.28. The maximum atomic E-state index is 17.3. The van der Waals surface area contributed by atoms with Gasteiger partial charge in [-0.15, -0.1) is 5.54 Å². The molecule has 4 aromatic rings. The summed E-state index contributed by atoms with van der Waals surface area (Å²) < 4.78 is 65.3. The first-order valence-electron chi connectivity index (χ1n) is 19.3. The second-order valence-electron chi connectivity index (χ2n) is 16.6. The molecule has 2 aromatic heterocycles. The number of rotatable bonds is 12. The number of nitrogens with one attached hydrogen (secondary N) is 1. The highest BCUT2D eigenvalue weighted by molar-refractivity contribution is 6.90. The Bertz CT molecular complexity index is 2100. The minimum absolute atomic E-state index is 0.00915. The molecule has 3 fully saturated rings. The number of methoxy groups -OCH3 is 1. The number of alkyl halides is 1. The number of halogens is 3. The Hall–Kier alpha value is -3.92. The number of benzene rings is 2. The van der Waals surface area contributed by atoms with E-state index >= 15 is 8.78 Å². The number of aromatic nitrogens is 3. The standard InChI is InChI=1S/C42H52F3N5O3Si/c1-24(2)54(25(3)4,26(5)6)15-12-31-34(44)11-10-28-17-30(53-23-51-8)18-32(36(28)31)38-37(45)39-33(20-46-38)40(47-35-16-27(35)7)49-41(48-39)52-22-42-13-9-14-50(42)21-29(43)19-42/h10-11,17-18,20,24-27,29,35H,9,13-14,16,19,21-23H2,1-8H3,(H,47,48,49)/t27?,29-,35?,42+/m1/s1. The molecule has 0 spiro atoms. The second kappa shape index (κ2) is 15.0. The molecule has 2 aliphatic heterocycles. The zero-order valence-corrected chi connectivity index (χ0v) is 33.7. The van der Waals surface area contributed by atoms with Crippen molar-refractivity contribution in [3.05, 3.63) is 47.7 Å². The summed E-state index contributed by atoms with van der Waals surface area (Å²) in [4.78, 5) is 16.2. The van der Waals surface area contributed by atoms with Crippen molar-refractivity contribution in [1.29, 1.82) is 0 Å². The van der Waals surface area contributed by atoms with Gasteiger partial charge in [-0.2, -0.15) is 9.97 Å². The number of hydrogen-bond donors (Lipinski definition) is 1. The molecule has 2 saturated heterocycles. The Morgan fingerprint density at radius 1 is 1.06 bits per heavy atom. The lowest BCUT2D eigenvalue weighted by molar-refractivity contribution is 0.0512. The van der Waals surface area contributed by atoms with E-state index in [1.807, 2.05) is 0 Å². The van der Waals surface area contributed by atoms with Crippen LogP contribution in [0.1, 0.15) is 79.7 Å². The zero-order valence-electron chi connectivity index (χ0n) is 32.7. The summed E-state index contributed by atoms with van der Waals surface area (Å²) in [5, 5.41) is 4.91. The molecule has 4 heterocycles. The van der Waals surface area contributed by atoms with E-state index < -0.39 is 31.4 Å². The van der Waals surface area contributed by atoms with Gasteiger partial charge in [-0.1, -0.05) is 60.5 Å². The van der Waals surface area contributed by atoms with E-state index in [1.54, 1.807) is 24.4 Å². The molecule has 2 unspecified atom stereocenters. The van der Waals surface area contributed by atoms with E-state index in [0.29, 0.717) is 68.8 Å². The Kier molecular flexibility index (Phi) is 10.6. The maximum Gasteiger partial charge on any atom is 0.319 e. The molecule has 288 valence electrons. The predicted octanol–water partition coefficient (Wildman–Crippen LogP) is 9.45. The molecule has 0 amide bonds. The van der Waals surface area contributed by atoms with Gasteiger partial charge in [0, 0.05) is 43.3 Å². The lowest BCUT2D eigenvalue weighted by atomic mass is 9.95. The SMILES string of the molecule is COCOc1cc(-c2ncc3c(NC4CC4C)nc(OC[C@@]45CCCN4C[C@H](F)C5)nc3c2F)c2c(C#C[Si](C(C)C)(C(C)C)C(C)C)c(F)ccc2c1. The van der Waals surface area contributed by atoms with E-state index in [4.69, 9.17) is 19.2 Å². The summed E-state index contributed by atoms with van der Waals surface area (Å²) in [7, 11) is -0.752. The van der Waals surface area contributed by atoms with Gasteiger partial charge >= 0.3 is 6.01 Å². The summed E-state index contributed by atoms with van der Waals surface area (Å²) in [6, 6.07) is 6.67. The Labute approximate surface area is 317 Å². The average Bonchev–Trinajstić information content (AvgIpc) is 3.53. The van der Waals surface area contributed by atoms with Gasteiger partial charge in [0.15, 0.2) is 12.6 Å². The maximum absolute atomic E-state index is 17.3. The molecule has 1 aliphatic carbocycles. The van der Waals surface area contributed by atoms with E-state index in [0.717, 1.165) is 25.8 Å². The topological polar surface area (TPSA) is 81.6 Å². The summed E-state index contributed by atoms with van der Waals surface area (Å²) in [5.74, 6) is 3.38. The summed E-state index contributed by atoms with van der Waals surface area (Å²) in [5.41, 5.74) is 4.72. The lowest BCUT2D eigenvalue weighted by Gasteiger charge is -2.38. The van der Waals surface area contributed by atoms with Gasteiger partial charge in [0.1, 0.15) is 49.4 Å². The third kappa shape index (κ3) is 6.92. The largest absolute Gasteiger partial charge is 0.468 e. The molecular weight excluding hydrogens is 708 g/mol. The minimum atomic E-state index is -2.27. The average molecular weight is 760 g/mol. The highest BCUT2D eigenvalue weighted by atomic mass is 28.3. The van der Waals surface area contributed by atoms with Crippen molar-refractivity contribution in [1.82, 2.24) is 19.9 Å². The van der Waals surface area contributed by atoms with Gasteiger partial charge in [-0.25, -0.2) is 13.2 Å². The van der Waals surface area contributed by atoms with Crippen LogP contribution in [0.4, 0.5) is 19.0 Å². The quantitative estimate of drug-likeness (QED) is 0.0870. The van der Waals surface area contributed by atoms with E-state index in [-0.39, 0.29) is 42.2 Å². The predicted molar refractivity (Wildman–Crippen MR) is 210 cm³/mol. The first-order valence-corrected chi connectivity index (χ1v) is 21.6. The third-order valence-corrected chi connectivity index (χ3v) is 18.5. The highest BCUT2D eigenvalue weighted by Gasteiger charge is 2.49. The van der Waals surface area contributed by atoms with Crippen molar-refractivity contribution in [2.24, 2.45) is 5.92 Å². The van der Waals surface area contributed by atoms with Gasteiger partial charge in [0.2, 0.25) is 0 Å². The third-order valence-electron chi connectivity index (χ3n) is 12.2. The summed E-state index contributed by atoms with van der Waals surface area (Å²) in [6.07, 6.45) is 3.77. The lowest BCUT2D eigenvalue weighted by Crippen LogP contribution is -2.43. The molecule has 0 bridgehead atoms. The van der Waals surface area contributed by atoms with Crippen molar-refractivity contribution in [2.45, 2.75) is 109 Å². The van der Waals surface area contributed by atoms with Crippen LogP contribution in [0, 0.1) is 29.0 Å². The fourth-order valence-corrected chi connectivity index (χ4v) is 14.5. The Balaban J connectivity index is 1.40. The fraction of sp³-hybridized carbons (Fsp3) is 0.548. The molecule has 2 aromatic carbocycles. The van der Waals surface area contributed by atoms with Crippen molar-refractivity contribution < 1.29 is 27.4 Å². The summed E-state index contributed by atoms with van der Waals surface area (Å²) in [6.45, 7) is 16.8. The zero-order chi connectivity index (χ0) is 38.5. The van der Waals surface area contributed by atoms with Crippen molar-refractivity contribution in [3.8, 4) is 34.5 Å². The van der Waals surface area contributed by atoms with Crippen LogP contribution in [0.2, 0.25) is 16.6 Å². The molecule has 4 atom stereocenters. The molecule has 1 N–H and O–H groups in total. The number of anilines is 1. The van der Waals surface area contributed by atoms with Crippen LogP contribution in [-0.4, -0.2) is 79.3 Å². The Morgan fingerprint density at radius 2 is 1.80 bits per heavy atom. The van der Waals surface area contributed by atoms with E-state index in [1.165, 1.54) is 13.2 Å². The van der Waals surface area contributed by atoms with Crippen molar-refractivity contribution >= 4 is 35.6 Å². The highest BCUT2D eigenvalue weighted by Crippen LogP contribution is 2.44. The number of fused-ring (bicyclic) bond motifs is 3. The second-order valence-corrected chi connectivity index (χ2v) is 22.1. The molecule has 12 heteroatoms. The normalized spacial score (nSPS) is 22.7. The van der Waals surface area contributed by atoms with Crippen LogP contribution in [0.3, 0.4) is 0 Å². The number of hydrogen-bond acceptors (Lipinski definition) is 8. The van der Waals surface area contributed by atoms with Crippen molar-refractivity contribution in [2.75, 3.05) is 38.9 Å². The number of nitrogens with zero attached hydrogens (tertiary/aromatic N) is 4. The first-order chi connectivity index (χ1) is 25.8. The van der Waals surface area contributed by atoms with Gasteiger partial charge in [0.25, 0.3) is 0 Å². The van der Waals surface area contributed by atoms with Crippen LogP contribution in [0.5, 0.6) is 11.8 Å². The van der Waals surface area contributed by atoms with Gasteiger partial charge in [0.05, 0.1) is 16.5 Å². The smallest absolute Gasteiger partial charge is 0.319 e. The first kappa shape index (κ1) is 38.4. The number of ether oxygens (including phenoxy) is 3. The molecule has 7 rings (SSSR count). The molecule has 54 heavy (non-hydrogen) atoms. The summed E-state index contributed by atoms with van der Waals surface area (Å²) >= 11 is 0. The molecule has 8 nitrogen and oxygen atoms in total. The van der Waals surface area contributed by atoms with Gasteiger partial charge < -0.3 is 19.5 Å². The Morgan fingerprint density at radius 3 is 2.48 bits per heavy atom. The number of pyridine rings is 1. The molecule has 0 radical (unpaired) electrons. The van der Waals surface area contributed by atoms with Gasteiger partial charge in [-0.05, 0) is 71.9 Å². The molecular formula is C42H52F3N5O3Si. The van der Waals surface area contributed by atoms with Crippen LogP contribution in [0.15, 0.2) is 30.5 Å². The molecule has 3 aliphatic rings. The van der Waals surface area contributed by atoms with Crippen LogP contribution < -0.4 is 14.8 Å². The van der Waals surface area contributed by atoms with E-state index in [2.05, 4.69) is 80.1 Å². The monoisotopic (exact) mass is 759 g/mol. The van der Waals surface area contributed by atoms with E-state index in [9.17, 15) is 4.39 Å².